The maximum atomic E-state index is 12.5. The molecular formula is C15H16F3N5O. The molecule has 0 N–H and O–H groups in total. The van der Waals surface area contributed by atoms with Crippen LogP contribution in [0.5, 0.6) is 0 Å². The second-order valence-corrected chi connectivity index (χ2v) is 5.23. The Balaban J connectivity index is 2.21. The Kier molecular flexibility index (Phi) is 5.01. The zero-order valence-electron chi connectivity index (χ0n) is 13.2. The summed E-state index contributed by atoms with van der Waals surface area (Å²) in [6.45, 7) is 8.25. The Hall–Kier alpha value is -2.71. The van der Waals surface area contributed by atoms with E-state index in [1.165, 1.54) is 11.1 Å². The lowest BCUT2D eigenvalue weighted by molar-refractivity contribution is -0.137. The molecule has 0 atom stereocenters. The smallest absolute Gasteiger partial charge is 0.334 e. The van der Waals surface area contributed by atoms with Crippen molar-refractivity contribution in [2.24, 2.45) is 0 Å². The number of alkyl halides is 3. The summed E-state index contributed by atoms with van der Waals surface area (Å²) in [6, 6.07) is 2.06. The first-order chi connectivity index (χ1) is 11.2. The standard InChI is InChI=1S/C15H16F3N5O/c1-4-22(8-10(2)3)14(24)12-9-23(21-20-12)13-6-5-11(7-19-13)15(16,17)18/h5-7,9H,2,4,8H2,1,3H3. The van der Waals surface area contributed by atoms with Crippen LogP contribution in [0.4, 0.5) is 13.2 Å². The van der Waals surface area contributed by atoms with Crippen molar-refractivity contribution in [3.8, 4) is 5.82 Å². The molecule has 2 aromatic rings. The SMILES string of the molecule is C=C(C)CN(CC)C(=O)c1cn(-c2ccc(C(F)(F)F)cn2)nn1. The Labute approximate surface area is 136 Å². The molecule has 0 aromatic carbocycles. The predicted molar refractivity (Wildman–Crippen MR) is 80.5 cm³/mol. The molecule has 128 valence electrons. The number of aromatic nitrogens is 4. The Morgan fingerprint density at radius 1 is 1.38 bits per heavy atom. The Bertz CT molecular complexity index is 736. The number of halogens is 3. The van der Waals surface area contributed by atoms with Crippen LogP contribution in [0.15, 0.2) is 36.7 Å². The number of rotatable bonds is 5. The van der Waals surface area contributed by atoms with Gasteiger partial charge >= 0.3 is 6.18 Å². The van der Waals surface area contributed by atoms with Crippen molar-refractivity contribution < 1.29 is 18.0 Å². The predicted octanol–water partition coefficient (Wildman–Crippen LogP) is 2.72. The van der Waals surface area contributed by atoms with Gasteiger partial charge in [0.15, 0.2) is 11.5 Å². The molecule has 0 radical (unpaired) electrons. The van der Waals surface area contributed by atoms with E-state index in [1.807, 2.05) is 6.92 Å². The normalized spacial score (nSPS) is 11.4. The minimum atomic E-state index is -4.46. The van der Waals surface area contributed by atoms with Crippen LogP contribution in [0.3, 0.4) is 0 Å². The van der Waals surface area contributed by atoms with Gasteiger partial charge < -0.3 is 4.90 Å². The summed E-state index contributed by atoms with van der Waals surface area (Å²) >= 11 is 0. The van der Waals surface area contributed by atoms with Crippen molar-refractivity contribution in [3.63, 3.8) is 0 Å². The first-order valence-electron chi connectivity index (χ1n) is 7.12. The minimum Gasteiger partial charge on any atom is -0.334 e. The molecule has 2 rings (SSSR count). The van der Waals surface area contributed by atoms with E-state index in [1.54, 1.807) is 6.92 Å². The van der Waals surface area contributed by atoms with Crippen molar-refractivity contribution in [1.82, 2.24) is 24.9 Å². The van der Waals surface area contributed by atoms with E-state index in [4.69, 9.17) is 0 Å². The highest BCUT2D eigenvalue weighted by Crippen LogP contribution is 2.28. The van der Waals surface area contributed by atoms with E-state index < -0.39 is 11.7 Å². The Morgan fingerprint density at radius 2 is 2.08 bits per heavy atom. The zero-order valence-corrected chi connectivity index (χ0v) is 13.2. The van der Waals surface area contributed by atoms with Crippen LogP contribution in [0.25, 0.3) is 5.82 Å². The van der Waals surface area contributed by atoms with Crippen molar-refractivity contribution in [2.75, 3.05) is 13.1 Å². The molecule has 2 heterocycles. The topological polar surface area (TPSA) is 63.9 Å². The van der Waals surface area contributed by atoms with Crippen molar-refractivity contribution in [1.29, 1.82) is 0 Å². The summed E-state index contributed by atoms with van der Waals surface area (Å²) in [5.74, 6) is -0.198. The highest BCUT2D eigenvalue weighted by atomic mass is 19.4. The number of amides is 1. The van der Waals surface area contributed by atoms with Crippen LogP contribution in [-0.4, -0.2) is 43.9 Å². The van der Waals surface area contributed by atoms with Crippen LogP contribution in [0, 0.1) is 0 Å². The third-order valence-corrected chi connectivity index (χ3v) is 3.15. The van der Waals surface area contributed by atoms with Crippen LogP contribution >= 0.6 is 0 Å². The molecule has 0 aliphatic rings. The van der Waals surface area contributed by atoms with E-state index in [0.29, 0.717) is 19.3 Å². The van der Waals surface area contributed by atoms with Gasteiger partial charge in [-0.15, -0.1) is 5.10 Å². The van der Waals surface area contributed by atoms with Crippen LogP contribution in [0.1, 0.15) is 29.9 Å². The van der Waals surface area contributed by atoms with E-state index in [2.05, 4.69) is 21.9 Å². The number of nitrogens with zero attached hydrogens (tertiary/aromatic N) is 5. The number of hydrogen-bond acceptors (Lipinski definition) is 4. The molecule has 24 heavy (non-hydrogen) atoms. The van der Waals surface area contributed by atoms with E-state index in [-0.39, 0.29) is 17.4 Å². The Morgan fingerprint density at radius 3 is 2.58 bits per heavy atom. The third-order valence-electron chi connectivity index (χ3n) is 3.15. The first-order valence-corrected chi connectivity index (χ1v) is 7.12. The van der Waals surface area contributed by atoms with Gasteiger partial charge in [-0.2, -0.15) is 13.2 Å². The number of carbonyl (C=O) groups excluding carboxylic acids is 1. The van der Waals surface area contributed by atoms with Gasteiger partial charge in [0.1, 0.15) is 0 Å². The molecule has 9 heteroatoms. The lowest BCUT2D eigenvalue weighted by atomic mass is 10.3. The maximum Gasteiger partial charge on any atom is 0.417 e. The molecule has 0 fully saturated rings. The molecule has 0 aliphatic carbocycles. The largest absolute Gasteiger partial charge is 0.417 e. The molecule has 1 amide bonds. The lowest BCUT2D eigenvalue weighted by Crippen LogP contribution is -2.32. The molecule has 2 aromatic heterocycles. The molecule has 0 aliphatic heterocycles. The maximum absolute atomic E-state index is 12.5. The van der Waals surface area contributed by atoms with Gasteiger partial charge in [-0.3, -0.25) is 4.79 Å². The summed E-state index contributed by atoms with van der Waals surface area (Å²) in [6.07, 6.45) is -2.42. The lowest BCUT2D eigenvalue weighted by Gasteiger charge is -2.19. The number of likely N-dealkylation sites (N-methyl/N-ethyl adjacent to an activating group) is 1. The van der Waals surface area contributed by atoms with Gasteiger partial charge in [0.2, 0.25) is 0 Å². The molecular weight excluding hydrogens is 323 g/mol. The van der Waals surface area contributed by atoms with Gasteiger partial charge in [-0.05, 0) is 26.0 Å². The highest BCUT2D eigenvalue weighted by Gasteiger charge is 2.30. The molecule has 0 saturated heterocycles. The molecule has 0 bridgehead atoms. The van der Waals surface area contributed by atoms with Gasteiger partial charge in [-0.25, -0.2) is 9.67 Å². The summed E-state index contributed by atoms with van der Waals surface area (Å²) in [4.78, 5) is 17.6. The molecule has 6 nitrogen and oxygen atoms in total. The van der Waals surface area contributed by atoms with Gasteiger partial charge in [0.05, 0.1) is 11.8 Å². The summed E-state index contributed by atoms with van der Waals surface area (Å²) < 4.78 is 38.8. The van der Waals surface area contributed by atoms with Crippen molar-refractivity contribution in [3.05, 3.63) is 47.9 Å². The molecule has 0 unspecified atom stereocenters. The summed E-state index contributed by atoms with van der Waals surface area (Å²) in [5, 5.41) is 7.52. The van der Waals surface area contributed by atoms with Gasteiger partial charge in [-0.1, -0.05) is 17.4 Å². The molecule has 0 spiro atoms. The second-order valence-electron chi connectivity index (χ2n) is 5.23. The fourth-order valence-electron chi connectivity index (χ4n) is 1.98. The van der Waals surface area contributed by atoms with Crippen molar-refractivity contribution >= 4 is 5.91 Å². The van der Waals surface area contributed by atoms with Gasteiger partial charge in [0.25, 0.3) is 5.91 Å². The average Bonchev–Trinajstić information content (AvgIpc) is 3.01. The van der Waals surface area contributed by atoms with Crippen molar-refractivity contribution in [2.45, 2.75) is 20.0 Å². The number of pyridine rings is 1. The average molecular weight is 339 g/mol. The zero-order chi connectivity index (χ0) is 17.9. The monoisotopic (exact) mass is 339 g/mol. The van der Waals surface area contributed by atoms with E-state index >= 15 is 0 Å². The van der Waals surface area contributed by atoms with Crippen LogP contribution in [0.2, 0.25) is 0 Å². The quantitative estimate of drug-likeness (QED) is 0.786. The second kappa shape index (κ2) is 6.81. The fourth-order valence-corrected chi connectivity index (χ4v) is 1.98. The highest BCUT2D eigenvalue weighted by molar-refractivity contribution is 5.92. The minimum absolute atomic E-state index is 0.0831. The third kappa shape index (κ3) is 3.98. The first kappa shape index (κ1) is 17.6. The van der Waals surface area contributed by atoms with E-state index in [0.717, 1.165) is 22.4 Å². The number of hydrogen-bond donors (Lipinski definition) is 0. The fraction of sp³-hybridized carbons (Fsp3) is 0.333. The summed E-state index contributed by atoms with van der Waals surface area (Å²) in [5.41, 5.74) is 0.0445. The van der Waals surface area contributed by atoms with Gasteiger partial charge in [0, 0.05) is 19.3 Å². The number of carbonyl (C=O) groups is 1. The van der Waals surface area contributed by atoms with Crippen LogP contribution in [-0.2, 0) is 6.18 Å². The van der Waals surface area contributed by atoms with E-state index in [9.17, 15) is 18.0 Å². The summed E-state index contributed by atoms with van der Waals surface area (Å²) in [7, 11) is 0. The molecule has 0 saturated carbocycles. The van der Waals surface area contributed by atoms with Crippen LogP contribution < -0.4 is 0 Å².